The van der Waals surface area contributed by atoms with Crippen LogP contribution < -0.4 is 9.27 Å². The van der Waals surface area contributed by atoms with Crippen molar-refractivity contribution in [2.45, 2.75) is 26.8 Å². The molecule has 0 amide bonds. The van der Waals surface area contributed by atoms with E-state index in [0.29, 0.717) is 0 Å². The summed E-state index contributed by atoms with van der Waals surface area (Å²) in [6.45, 7) is 5.38. The molecule has 1 aromatic rings. The van der Waals surface area contributed by atoms with Crippen molar-refractivity contribution in [2.24, 2.45) is 0 Å². The lowest BCUT2D eigenvalue weighted by atomic mass is 10.2. The fraction of sp³-hybridized carbons (Fsp3) is 0.444. The van der Waals surface area contributed by atoms with E-state index in [1.165, 1.54) is 5.56 Å². The number of hydrogen-bond donors (Lipinski definition) is 0. The van der Waals surface area contributed by atoms with Crippen molar-refractivity contribution < 1.29 is 9.27 Å². The number of halogens is 1. The summed E-state index contributed by atoms with van der Waals surface area (Å²) in [6, 6.07) is 4.34. The Labute approximate surface area is 67.0 Å². The van der Waals surface area contributed by atoms with Crippen LogP contribution >= 0.6 is 0 Å². The summed E-state index contributed by atoms with van der Waals surface area (Å²) in [7, 11) is 0. The van der Waals surface area contributed by atoms with Crippen molar-refractivity contribution >= 4 is 0 Å². The second kappa shape index (κ2) is 4.83. The first-order valence-corrected chi connectivity index (χ1v) is 3.84. The Hall–Kier alpha value is -0.920. The van der Waals surface area contributed by atoms with Gasteiger partial charge in [-0.1, -0.05) is 6.92 Å². The van der Waals surface area contributed by atoms with E-state index in [1.807, 2.05) is 0 Å². The average molecular weight is 155 g/mol. The predicted molar refractivity (Wildman–Crippen MR) is 41.7 cm³/mol. The molecule has 1 aromatic heterocycles. The quantitative estimate of drug-likeness (QED) is 0.461. The van der Waals surface area contributed by atoms with E-state index in [4.69, 9.17) is 0 Å². The summed E-state index contributed by atoms with van der Waals surface area (Å²) in [5, 5.41) is 0. The van der Waals surface area contributed by atoms with Crippen LogP contribution in [0.15, 0.2) is 24.5 Å². The number of pyridine rings is 1. The summed E-state index contributed by atoms with van der Waals surface area (Å²) < 4.78 is 2.17. The molecular formula is C9H14FN. The first-order valence-electron chi connectivity index (χ1n) is 3.84. The Morgan fingerprint density at radius 2 is 1.73 bits per heavy atom. The molecule has 0 saturated carbocycles. The maximum absolute atomic E-state index is 2.17. The zero-order valence-electron chi connectivity index (χ0n) is 7.05. The summed E-state index contributed by atoms with van der Waals surface area (Å²) in [6.07, 6.45) is 5.38. The van der Waals surface area contributed by atoms with Crippen molar-refractivity contribution in [3.63, 3.8) is 0 Å². The standard InChI is InChI=1S/C9H14N.FH/c1-3-9-5-7-10(4-2)8-6-9;/h5-8H,3-4H2,1-2H3;1H/q+1;/p-1. The number of aryl methyl sites for hydroxylation is 2. The molecule has 0 aliphatic carbocycles. The number of hydrogen-bond acceptors (Lipinski definition) is 0. The van der Waals surface area contributed by atoms with E-state index in [1.54, 1.807) is 0 Å². The van der Waals surface area contributed by atoms with Gasteiger partial charge in [-0.05, 0) is 18.9 Å². The molecule has 1 rings (SSSR count). The second-order valence-electron chi connectivity index (χ2n) is 2.39. The van der Waals surface area contributed by atoms with Gasteiger partial charge in [-0.2, -0.15) is 0 Å². The minimum atomic E-state index is 0. The zero-order valence-corrected chi connectivity index (χ0v) is 7.05. The van der Waals surface area contributed by atoms with Crippen LogP contribution in [0.2, 0.25) is 0 Å². The molecule has 0 N–H and O–H groups in total. The summed E-state index contributed by atoms with van der Waals surface area (Å²) >= 11 is 0. The van der Waals surface area contributed by atoms with Crippen molar-refractivity contribution in [1.29, 1.82) is 0 Å². The van der Waals surface area contributed by atoms with Gasteiger partial charge in [0.05, 0.1) is 0 Å². The highest BCUT2D eigenvalue weighted by Crippen LogP contribution is 1.94. The molecule has 1 heterocycles. The molecule has 0 aliphatic heterocycles. The highest BCUT2D eigenvalue weighted by molar-refractivity contribution is 5.06. The number of nitrogens with zero attached hydrogens (tertiary/aromatic N) is 1. The number of aromatic nitrogens is 1. The normalized spacial score (nSPS) is 8.91. The van der Waals surface area contributed by atoms with Crippen molar-refractivity contribution in [3.8, 4) is 0 Å². The van der Waals surface area contributed by atoms with E-state index in [-0.39, 0.29) is 4.70 Å². The Morgan fingerprint density at radius 3 is 2.09 bits per heavy atom. The summed E-state index contributed by atoms with van der Waals surface area (Å²) in [4.78, 5) is 0. The third-order valence-electron chi connectivity index (χ3n) is 1.73. The predicted octanol–water partition coefficient (Wildman–Crippen LogP) is -1.44. The van der Waals surface area contributed by atoms with Crippen LogP contribution in [0.3, 0.4) is 0 Å². The van der Waals surface area contributed by atoms with E-state index in [0.717, 1.165) is 13.0 Å². The molecule has 0 spiro atoms. The van der Waals surface area contributed by atoms with Crippen LogP contribution in [0, 0.1) is 0 Å². The van der Waals surface area contributed by atoms with Crippen molar-refractivity contribution in [1.82, 2.24) is 0 Å². The van der Waals surface area contributed by atoms with Crippen LogP contribution in [0.25, 0.3) is 0 Å². The minimum absolute atomic E-state index is 0. The van der Waals surface area contributed by atoms with Gasteiger partial charge in [0.15, 0.2) is 12.4 Å². The van der Waals surface area contributed by atoms with E-state index >= 15 is 0 Å². The fourth-order valence-corrected chi connectivity index (χ4v) is 0.935. The molecule has 1 nitrogen and oxygen atoms in total. The van der Waals surface area contributed by atoms with Gasteiger partial charge in [0.1, 0.15) is 6.54 Å². The van der Waals surface area contributed by atoms with E-state index in [2.05, 4.69) is 42.9 Å². The van der Waals surface area contributed by atoms with E-state index in [9.17, 15) is 0 Å². The highest BCUT2D eigenvalue weighted by atomic mass is 19.0. The Balaban J connectivity index is 0.000001000. The Kier molecular flexibility index (Phi) is 4.42. The highest BCUT2D eigenvalue weighted by Gasteiger charge is 1.93. The van der Waals surface area contributed by atoms with Crippen LogP contribution in [0.5, 0.6) is 0 Å². The SMILES string of the molecule is CCc1cc[n+](CC)cc1.[F-]. The van der Waals surface area contributed by atoms with Crippen molar-refractivity contribution in [3.05, 3.63) is 30.1 Å². The molecule has 2 heteroatoms. The van der Waals surface area contributed by atoms with Crippen molar-refractivity contribution in [2.75, 3.05) is 0 Å². The van der Waals surface area contributed by atoms with Crippen LogP contribution in [-0.2, 0) is 13.0 Å². The van der Waals surface area contributed by atoms with Gasteiger partial charge in [0.25, 0.3) is 0 Å². The van der Waals surface area contributed by atoms with Crippen LogP contribution in [0.4, 0.5) is 0 Å². The third kappa shape index (κ3) is 2.66. The van der Waals surface area contributed by atoms with E-state index < -0.39 is 0 Å². The lowest BCUT2D eigenvalue weighted by Crippen LogP contribution is -3.00. The first-order chi connectivity index (χ1) is 4.86. The molecule has 0 unspecified atom stereocenters. The molecule has 62 valence electrons. The molecule has 0 atom stereocenters. The van der Waals surface area contributed by atoms with Gasteiger partial charge in [-0.15, -0.1) is 0 Å². The lowest BCUT2D eigenvalue weighted by Gasteiger charge is -1.93. The molecule has 0 fully saturated rings. The summed E-state index contributed by atoms with van der Waals surface area (Å²) in [5.74, 6) is 0. The molecule has 0 saturated heterocycles. The maximum atomic E-state index is 2.17. The van der Waals surface area contributed by atoms with Crippen LogP contribution in [-0.4, -0.2) is 0 Å². The van der Waals surface area contributed by atoms with Gasteiger partial charge >= 0.3 is 0 Å². The molecule has 0 bridgehead atoms. The van der Waals surface area contributed by atoms with Gasteiger partial charge in [0, 0.05) is 12.1 Å². The summed E-state index contributed by atoms with van der Waals surface area (Å²) in [5.41, 5.74) is 1.41. The molecule has 0 aromatic carbocycles. The number of rotatable bonds is 2. The molecule has 11 heavy (non-hydrogen) atoms. The molecule has 0 aliphatic rings. The van der Waals surface area contributed by atoms with Crippen LogP contribution in [0.1, 0.15) is 19.4 Å². The Bertz CT molecular complexity index is 170. The zero-order chi connectivity index (χ0) is 7.40. The molecular weight excluding hydrogens is 141 g/mol. The maximum Gasteiger partial charge on any atom is 0.169 e. The topological polar surface area (TPSA) is 3.88 Å². The third-order valence-corrected chi connectivity index (χ3v) is 1.73. The first kappa shape index (κ1) is 10.1. The van der Waals surface area contributed by atoms with Gasteiger partial charge < -0.3 is 4.70 Å². The van der Waals surface area contributed by atoms with Gasteiger partial charge in [-0.25, -0.2) is 4.57 Å². The largest absolute Gasteiger partial charge is 1.00 e. The van der Waals surface area contributed by atoms with Gasteiger partial charge in [-0.3, -0.25) is 0 Å². The smallest absolute Gasteiger partial charge is 0.169 e. The Morgan fingerprint density at radius 1 is 1.18 bits per heavy atom. The molecule has 0 radical (unpaired) electrons. The minimum Gasteiger partial charge on any atom is -1.00 e. The van der Waals surface area contributed by atoms with Gasteiger partial charge in [0.2, 0.25) is 0 Å². The lowest BCUT2D eigenvalue weighted by molar-refractivity contribution is -0.693. The second-order valence-corrected chi connectivity index (χ2v) is 2.39. The average Bonchev–Trinajstić information content (AvgIpc) is 2.05. The monoisotopic (exact) mass is 155 g/mol. The fourth-order valence-electron chi connectivity index (χ4n) is 0.935.